The quantitative estimate of drug-likeness (QED) is 0.714. The average Bonchev–Trinajstić information content (AvgIpc) is 2.44. The van der Waals surface area contributed by atoms with E-state index < -0.39 is 0 Å². The van der Waals surface area contributed by atoms with Crippen molar-refractivity contribution in [1.82, 2.24) is 5.32 Å². The van der Waals surface area contributed by atoms with Crippen molar-refractivity contribution in [3.05, 3.63) is 29.8 Å². The molecular formula is C17H29NO2. The van der Waals surface area contributed by atoms with Gasteiger partial charge >= 0.3 is 0 Å². The molecule has 1 N–H and O–H groups in total. The van der Waals surface area contributed by atoms with Crippen LogP contribution in [0.25, 0.3) is 0 Å². The molecule has 0 aliphatic heterocycles. The molecule has 0 amide bonds. The smallest absolute Gasteiger partial charge is 0.122 e. The molecule has 0 aliphatic rings. The first kappa shape index (κ1) is 17.0. The molecule has 3 nitrogen and oxygen atoms in total. The zero-order chi connectivity index (χ0) is 14.8. The molecule has 1 unspecified atom stereocenters. The van der Waals surface area contributed by atoms with E-state index in [9.17, 15) is 0 Å². The zero-order valence-electron chi connectivity index (χ0n) is 13.3. The second kappa shape index (κ2) is 9.78. The lowest BCUT2D eigenvalue weighted by Gasteiger charge is -2.19. The van der Waals surface area contributed by atoms with E-state index in [-0.39, 0.29) is 0 Å². The molecule has 0 fully saturated rings. The predicted molar refractivity (Wildman–Crippen MR) is 84.4 cm³/mol. The monoisotopic (exact) mass is 279 g/mol. The molecule has 0 saturated heterocycles. The van der Waals surface area contributed by atoms with Gasteiger partial charge in [-0.05, 0) is 49.4 Å². The van der Waals surface area contributed by atoms with Crippen LogP contribution >= 0.6 is 0 Å². The van der Waals surface area contributed by atoms with E-state index in [1.165, 1.54) is 5.56 Å². The van der Waals surface area contributed by atoms with Crippen LogP contribution in [0.4, 0.5) is 0 Å². The normalized spacial score (nSPS) is 12.7. The molecule has 0 aromatic heterocycles. The third-order valence-corrected chi connectivity index (χ3v) is 3.42. The fourth-order valence-corrected chi connectivity index (χ4v) is 2.32. The van der Waals surface area contributed by atoms with Gasteiger partial charge in [0.15, 0.2) is 0 Å². The fourth-order valence-electron chi connectivity index (χ4n) is 2.32. The van der Waals surface area contributed by atoms with E-state index in [0.29, 0.717) is 11.8 Å². The van der Waals surface area contributed by atoms with Gasteiger partial charge in [0.1, 0.15) is 5.75 Å². The van der Waals surface area contributed by atoms with Crippen molar-refractivity contribution >= 4 is 0 Å². The van der Waals surface area contributed by atoms with Gasteiger partial charge in [-0.25, -0.2) is 0 Å². The summed E-state index contributed by atoms with van der Waals surface area (Å²) in [5, 5.41) is 3.56. The average molecular weight is 279 g/mol. The first-order chi connectivity index (χ1) is 9.67. The van der Waals surface area contributed by atoms with Crippen LogP contribution in [-0.4, -0.2) is 33.9 Å². The molecule has 114 valence electrons. The molecule has 0 radical (unpaired) electrons. The molecule has 1 aromatic carbocycles. The Morgan fingerprint density at radius 2 is 1.85 bits per heavy atom. The lowest BCUT2D eigenvalue weighted by molar-refractivity contribution is 0.175. The Kier molecular flexibility index (Phi) is 8.31. The van der Waals surface area contributed by atoms with Gasteiger partial charge in [0.2, 0.25) is 0 Å². The molecule has 1 atom stereocenters. The van der Waals surface area contributed by atoms with E-state index in [1.807, 2.05) is 12.1 Å². The van der Waals surface area contributed by atoms with E-state index in [1.54, 1.807) is 14.2 Å². The molecule has 1 rings (SSSR count). The number of hydrogen-bond acceptors (Lipinski definition) is 3. The van der Waals surface area contributed by atoms with Gasteiger partial charge in [0.25, 0.3) is 0 Å². The van der Waals surface area contributed by atoms with Gasteiger partial charge < -0.3 is 14.8 Å². The summed E-state index contributed by atoms with van der Waals surface area (Å²) in [6.07, 6.45) is 2.10. The van der Waals surface area contributed by atoms with Gasteiger partial charge in [-0.3, -0.25) is 0 Å². The second-order valence-electron chi connectivity index (χ2n) is 5.72. The Morgan fingerprint density at radius 1 is 1.10 bits per heavy atom. The second-order valence-corrected chi connectivity index (χ2v) is 5.72. The Morgan fingerprint density at radius 3 is 2.50 bits per heavy atom. The number of ether oxygens (including phenoxy) is 2. The fraction of sp³-hybridized carbons (Fsp3) is 0.647. The molecule has 3 heteroatoms. The number of methoxy groups -OCH3 is 2. The van der Waals surface area contributed by atoms with Crippen molar-refractivity contribution in [3.8, 4) is 5.75 Å². The van der Waals surface area contributed by atoms with Crippen LogP contribution in [0, 0.1) is 11.8 Å². The summed E-state index contributed by atoms with van der Waals surface area (Å²) in [6, 6.07) is 8.28. The van der Waals surface area contributed by atoms with Gasteiger partial charge in [-0.1, -0.05) is 32.0 Å². The van der Waals surface area contributed by atoms with Gasteiger partial charge in [-0.2, -0.15) is 0 Å². The molecule has 0 heterocycles. The molecule has 1 aromatic rings. The maximum atomic E-state index is 5.44. The lowest BCUT2D eigenvalue weighted by Crippen LogP contribution is -2.28. The van der Waals surface area contributed by atoms with Crippen molar-refractivity contribution in [1.29, 1.82) is 0 Å². The topological polar surface area (TPSA) is 30.5 Å². The Hall–Kier alpha value is -1.06. The van der Waals surface area contributed by atoms with Crippen molar-refractivity contribution < 1.29 is 9.47 Å². The third kappa shape index (κ3) is 6.40. The molecule has 0 bridgehead atoms. The number of benzene rings is 1. The highest BCUT2D eigenvalue weighted by molar-refractivity contribution is 5.33. The third-order valence-electron chi connectivity index (χ3n) is 3.42. The van der Waals surface area contributed by atoms with Gasteiger partial charge in [0.05, 0.1) is 7.11 Å². The van der Waals surface area contributed by atoms with E-state index in [2.05, 4.69) is 31.3 Å². The molecule has 0 aliphatic carbocycles. The van der Waals surface area contributed by atoms with Crippen LogP contribution in [0.2, 0.25) is 0 Å². The standard InChI is InChI=1S/C17H29NO2/c1-14(2)12-18-13-15(9-10-19-3)11-16-7-5-6-8-17(16)20-4/h5-8,14-15,18H,9-13H2,1-4H3. The summed E-state index contributed by atoms with van der Waals surface area (Å²) in [7, 11) is 3.50. The van der Waals surface area contributed by atoms with Crippen LogP contribution < -0.4 is 10.1 Å². The first-order valence-electron chi connectivity index (χ1n) is 7.49. The minimum Gasteiger partial charge on any atom is -0.496 e. The summed E-state index contributed by atoms with van der Waals surface area (Å²) in [5.41, 5.74) is 1.28. The largest absolute Gasteiger partial charge is 0.496 e. The molecular weight excluding hydrogens is 250 g/mol. The summed E-state index contributed by atoms with van der Waals surface area (Å²) in [5.74, 6) is 2.24. The summed E-state index contributed by atoms with van der Waals surface area (Å²) in [6.45, 7) is 7.37. The zero-order valence-corrected chi connectivity index (χ0v) is 13.3. The van der Waals surface area contributed by atoms with Gasteiger partial charge in [0, 0.05) is 13.7 Å². The first-order valence-corrected chi connectivity index (χ1v) is 7.49. The Balaban J connectivity index is 2.58. The Bertz CT molecular complexity index is 366. The van der Waals surface area contributed by atoms with Crippen molar-refractivity contribution in [2.24, 2.45) is 11.8 Å². The van der Waals surface area contributed by atoms with Crippen molar-refractivity contribution in [2.45, 2.75) is 26.7 Å². The number of para-hydroxylation sites is 1. The van der Waals surface area contributed by atoms with Crippen molar-refractivity contribution in [2.75, 3.05) is 33.9 Å². The van der Waals surface area contributed by atoms with Gasteiger partial charge in [-0.15, -0.1) is 0 Å². The Labute approximate surface area is 123 Å². The lowest BCUT2D eigenvalue weighted by atomic mass is 9.95. The van der Waals surface area contributed by atoms with E-state index in [4.69, 9.17) is 9.47 Å². The van der Waals surface area contributed by atoms with Crippen LogP contribution in [0.15, 0.2) is 24.3 Å². The molecule has 20 heavy (non-hydrogen) atoms. The van der Waals surface area contributed by atoms with Crippen LogP contribution in [0.5, 0.6) is 5.75 Å². The van der Waals surface area contributed by atoms with Crippen molar-refractivity contribution in [3.63, 3.8) is 0 Å². The SMILES string of the molecule is COCCC(CNCC(C)C)Cc1ccccc1OC. The number of nitrogens with one attached hydrogen (secondary N) is 1. The minimum atomic E-state index is 0.574. The summed E-state index contributed by atoms with van der Waals surface area (Å²) < 4.78 is 10.7. The summed E-state index contributed by atoms with van der Waals surface area (Å²) >= 11 is 0. The van der Waals surface area contributed by atoms with Crippen LogP contribution in [0.1, 0.15) is 25.8 Å². The number of hydrogen-bond donors (Lipinski definition) is 1. The van der Waals surface area contributed by atoms with Crippen LogP contribution in [0.3, 0.4) is 0 Å². The summed E-state index contributed by atoms with van der Waals surface area (Å²) in [4.78, 5) is 0. The molecule has 0 saturated carbocycles. The highest BCUT2D eigenvalue weighted by Crippen LogP contribution is 2.22. The highest BCUT2D eigenvalue weighted by Gasteiger charge is 2.12. The molecule has 0 spiro atoms. The predicted octanol–water partition coefficient (Wildman–Crippen LogP) is 3.14. The van der Waals surface area contributed by atoms with E-state index in [0.717, 1.165) is 38.3 Å². The van der Waals surface area contributed by atoms with Crippen LogP contribution in [-0.2, 0) is 11.2 Å². The number of rotatable bonds is 10. The maximum Gasteiger partial charge on any atom is 0.122 e. The maximum absolute atomic E-state index is 5.44. The highest BCUT2D eigenvalue weighted by atomic mass is 16.5. The van der Waals surface area contributed by atoms with E-state index >= 15 is 0 Å². The minimum absolute atomic E-state index is 0.574.